The maximum Gasteiger partial charge on any atom is 0.0497 e. The molecule has 0 bridgehead atoms. The second-order valence-corrected chi connectivity index (χ2v) is 6.99. The van der Waals surface area contributed by atoms with E-state index in [2.05, 4.69) is 68.0 Å². The minimum absolute atomic E-state index is 0.721. The van der Waals surface area contributed by atoms with Gasteiger partial charge in [0.25, 0.3) is 0 Å². The number of hydrogen-bond donors (Lipinski definition) is 0. The van der Waals surface area contributed by atoms with Crippen LogP contribution < -0.4 is 0 Å². The number of nitrogens with zero attached hydrogens (tertiary/aromatic N) is 1. The lowest BCUT2D eigenvalue weighted by Gasteiger charge is -2.17. The summed E-state index contributed by atoms with van der Waals surface area (Å²) in [5, 5.41) is 2.67. The van der Waals surface area contributed by atoms with Gasteiger partial charge in [0.1, 0.15) is 0 Å². The number of fused-ring (bicyclic) bond motifs is 3. The van der Waals surface area contributed by atoms with Crippen LogP contribution in [0.5, 0.6) is 0 Å². The predicted molar refractivity (Wildman–Crippen MR) is 113 cm³/mol. The summed E-state index contributed by atoms with van der Waals surface area (Å²) in [4.78, 5) is 0. The summed E-state index contributed by atoms with van der Waals surface area (Å²) in [5.41, 5.74) is 5.01. The van der Waals surface area contributed by atoms with Gasteiger partial charge in [-0.05, 0) is 35.6 Å². The van der Waals surface area contributed by atoms with Crippen molar-refractivity contribution in [2.24, 2.45) is 5.92 Å². The van der Waals surface area contributed by atoms with Crippen molar-refractivity contribution in [2.75, 3.05) is 0 Å². The Morgan fingerprint density at radius 1 is 0.920 bits per heavy atom. The van der Waals surface area contributed by atoms with Crippen LogP contribution in [0.2, 0.25) is 0 Å². The Labute approximate surface area is 151 Å². The van der Waals surface area contributed by atoms with Crippen molar-refractivity contribution in [1.29, 1.82) is 0 Å². The molecular formula is C24H29N. The van der Waals surface area contributed by atoms with Gasteiger partial charge in [-0.3, -0.25) is 0 Å². The van der Waals surface area contributed by atoms with E-state index in [1.54, 1.807) is 0 Å². The lowest BCUT2D eigenvalue weighted by atomic mass is 9.99. The average molecular weight is 332 g/mol. The van der Waals surface area contributed by atoms with E-state index >= 15 is 0 Å². The minimum atomic E-state index is 0.721. The molecule has 130 valence electrons. The largest absolute Gasteiger partial charge is 0.340 e. The molecule has 0 saturated heterocycles. The Balaban J connectivity index is 2.19. The zero-order chi connectivity index (χ0) is 17.8. The molecule has 1 heterocycles. The molecule has 1 unspecified atom stereocenters. The van der Waals surface area contributed by atoms with Crippen molar-refractivity contribution < 1.29 is 0 Å². The van der Waals surface area contributed by atoms with E-state index in [1.165, 1.54) is 58.6 Å². The fourth-order valence-electron chi connectivity index (χ4n) is 3.76. The van der Waals surface area contributed by atoms with Crippen molar-refractivity contribution in [1.82, 2.24) is 4.57 Å². The van der Waals surface area contributed by atoms with Crippen LogP contribution >= 0.6 is 0 Å². The highest BCUT2D eigenvalue weighted by Crippen LogP contribution is 2.32. The van der Waals surface area contributed by atoms with Crippen molar-refractivity contribution in [2.45, 2.75) is 46.1 Å². The lowest BCUT2D eigenvalue weighted by molar-refractivity contribution is 0.401. The summed E-state index contributed by atoms with van der Waals surface area (Å²) in [6, 6.07) is 13.4. The first-order valence-electron chi connectivity index (χ1n) is 9.52. The van der Waals surface area contributed by atoms with Crippen LogP contribution in [0.1, 0.15) is 50.7 Å². The Bertz CT molecular complexity index is 832. The summed E-state index contributed by atoms with van der Waals surface area (Å²) in [6.07, 6.45) is 8.98. The maximum atomic E-state index is 3.94. The molecule has 3 rings (SSSR count). The molecule has 3 aromatic rings. The molecular weight excluding hydrogens is 302 g/mol. The highest BCUT2D eigenvalue weighted by atomic mass is 15.0. The van der Waals surface area contributed by atoms with Gasteiger partial charge in [0.05, 0.1) is 0 Å². The third-order valence-electron chi connectivity index (χ3n) is 5.37. The van der Waals surface area contributed by atoms with E-state index < -0.39 is 0 Å². The molecule has 1 nitrogen and oxygen atoms in total. The number of aromatic nitrogens is 1. The number of hydrogen-bond acceptors (Lipinski definition) is 0. The zero-order valence-electron chi connectivity index (χ0n) is 15.6. The molecule has 0 aliphatic heterocycles. The van der Waals surface area contributed by atoms with Crippen molar-refractivity contribution in [3.8, 4) is 0 Å². The van der Waals surface area contributed by atoms with E-state index in [0.717, 1.165) is 12.5 Å². The van der Waals surface area contributed by atoms with Crippen molar-refractivity contribution in [3.63, 3.8) is 0 Å². The molecule has 0 aliphatic rings. The van der Waals surface area contributed by atoms with Crippen molar-refractivity contribution >= 4 is 34.0 Å². The standard InChI is InChI=1S/C24H29N/c1-5-9-10-20(8-4)17-25-23-15-18(6-2)11-13-21(23)22-14-12-19(7-3)16-24(22)25/h6-7,11-16,20H,2-3,5,8-10,17H2,1,4H3. The summed E-state index contributed by atoms with van der Waals surface area (Å²) in [7, 11) is 0. The Kier molecular flexibility index (Phi) is 5.43. The van der Waals surface area contributed by atoms with Gasteiger partial charge in [-0.25, -0.2) is 0 Å². The zero-order valence-corrected chi connectivity index (χ0v) is 15.6. The number of unbranched alkanes of at least 4 members (excludes halogenated alkanes) is 1. The van der Waals surface area contributed by atoms with Gasteiger partial charge in [-0.2, -0.15) is 0 Å². The second-order valence-electron chi connectivity index (χ2n) is 6.99. The van der Waals surface area contributed by atoms with Gasteiger partial charge < -0.3 is 4.57 Å². The smallest absolute Gasteiger partial charge is 0.0497 e. The van der Waals surface area contributed by atoms with E-state index in [4.69, 9.17) is 0 Å². The summed E-state index contributed by atoms with van der Waals surface area (Å²) in [6.45, 7) is 13.6. The SMILES string of the molecule is C=Cc1ccc2c3ccc(C=C)cc3n(CC(CC)CCCC)c2c1. The van der Waals surface area contributed by atoms with Crippen LogP contribution in [-0.2, 0) is 6.54 Å². The van der Waals surface area contributed by atoms with Gasteiger partial charge in [0.15, 0.2) is 0 Å². The minimum Gasteiger partial charge on any atom is -0.340 e. The lowest BCUT2D eigenvalue weighted by Crippen LogP contribution is -2.10. The highest BCUT2D eigenvalue weighted by Gasteiger charge is 2.15. The molecule has 0 spiro atoms. The van der Waals surface area contributed by atoms with Crippen molar-refractivity contribution in [3.05, 3.63) is 60.7 Å². The normalized spacial score (nSPS) is 12.6. The molecule has 2 aromatic carbocycles. The van der Waals surface area contributed by atoms with Gasteiger partial charge in [-0.15, -0.1) is 0 Å². The Hall–Kier alpha value is -2.28. The molecule has 0 saturated carbocycles. The molecule has 0 N–H and O–H groups in total. The van der Waals surface area contributed by atoms with Gasteiger partial charge in [0, 0.05) is 28.4 Å². The second kappa shape index (κ2) is 7.74. The quantitative estimate of drug-likeness (QED) is 0.408. The first-order valence-corrected chi connectivity index (χ1v) is 9.52. The topological polar surface area (TPSA) is 4.93 Å². The molecule has 1 heteroatoms. The first-order chi connectivity index (χ1) is 12.2. The molecule has 25 heavy (non-hydrogen) atoms. The van der Waals surface area contributed by atoms with Gasteiger partial charge in [-0.1, -0.05) is 82.7 Å². The van der Waals surface area contributed by atoms with Crippen LogP contribution in [0, 0.1) is 5.92 Å². The van der Waals surface area contributed by atoms with Crippen LogP contribution in [0.15, 0.2) is 49.6 Å². The fourth-order valence-corrected chi connectivity index (χ4v) is 3.76. The van der Waals surface area contributed by atoms with E-state index in [1.807, 2.05) is 12.2 Å². The third-order valence-corrected chi connectivity index (χ3v) is 5.37. The van der Waals surface area contributed by atoms with E-state index in [-0.39, 0.29) is 0 Å². The number of benzene rings is 2. The van der Waals surface area contributed by atoms with E-state index in [0.29, 0.717) is 0 Å². The fraction of sp³-hybridized carbons (Fsp3) is 0.333. The van der Waals surface area contributed by atoms with Crippen LogP contribution in [0.3, 0.4) is 0 Å². The van der Waals surface area contributed by atoms with Gasteiger partial charge >= 0.3 is 0 Å². The molecule has 0 radical (unpaired) electrons. The molecule has 0 fully saturated rings. The summed E-state index contributed by atoms with van der Waals surface area (Å²) in [5.74, 6) is 0.721. The maximum absolute atomic E-state index is 3.94. The Morgan fingerprint density at radius 2 is 1.48 bits per heavy atom. The molecule has 0 aliphatic carbocycles. The summed E-state index contributed by atoms with van der Waals surface area (Å²) >= 11 is 0. The molecule has 1 atom stereocenters. The summed E-state index contributed by atoms with van der Waals surface area (Å²) < 4.78 is 2.52. The van der Waals surface area contributed by atoms with E-state index in [9.17, 15) is 0 Å². The average Bonchev–Trinajstić information content (AvgIpc) is 2.96. The highest BCUT2D eigenvalue weighted by molar-refractivity contribution is 6.09. The molecule has 0 amide bonds. The Morgan fingerprint density at radius 3 is 1.92 bits per heavy atom. The van der Waals surface area contributed by atoms with Crippen LogP contribution in [0.4, 0.5) is 0 Å². The number of rotatable bonds is 8. The van der Waals surface area contributed by atoms with Crippen LogP contribution in [0.25, 0.3) is 34.0 Å². The monoisotopic (exact) mass is 331 g/mol. The van der Waals surface area contributed by atoms with Crippen LogP contribution in [-0.4, -0.2) is 4.57 Å². The predicted octanol–water partition coefficient (Wildman–Crippen LogP) is 7.30. The first kappa shape index (κ1) is 17.5. The third kappa shape index (κ3) is 3.42. The van der Waals surface area contributed by atoms with Gasteiger partial charge in [0.2, 0.25) is 0 Å². The molecule has 1 aromatic heterocycles.